The van der Waals surface area contributed by atoms with E-state index in [4.69, 9.17) is 23.7 Å². The molecule has 0 unspecified atom stereocenters. The maximum absolute atomic E-state index is 12.0. The molecule has 0 spiro atoms. The van der Waals surface area contributed by atoms with Crippen molar-refractivity contribution < 1.29 is 33.3 Å². The van der Waals surface area contributed by atoms with Gasteiger partial charge in [0, 0.05) is 13.8 Å². The number of esters is 2. The molecular formula is C27H32O7. The molecule has 182 valence electrons. The van der Waals surface area contributed by atoms with Crippen molar-refractivity contribution in [3.63, 3.8) is 0 Å². The first-order valence-corrected chi connectivity index (χ1v) is 11.4. The first-order valence-electron chi connectivity index (χ1n) is 11.4. The second-order valence-corrected chi connectivity index (χ2v) is 8.15. The molecule has 2 aromatic carbocycles. The van der Waals surface area contributed by atoms with E-state index >= 15 is 0 Å². The van der Waals surface area contributed by atoms with E-state index in [0.717, 1.165) is 11.1 Å². The van der Waals surface area contributed by atoms with Gasteiger partial charge in [0.25, 0.3) is 0 Å². The van der Waals surface area contributed by atoms with Crippen molar-refractivity contribution >= 4 is 11.9 Å². The van der Waals surface area contributed by atoms with Gasteiger partial charge >= 0.3 is 11.9 Å². The maximum atomic E-state index is 12.0. The number of rotatable bonds is 11. The number of benzene rings is 2. The van der Waals surface area contributed by atoms with E-state index in [9.17, 15) is 9.59 Å². The smallest absolute Gasteiger partial charge is 0.303 e. The largest absolute Gasteiger partial charge is 0.457 e. The number of carbonyl (C=O) groups is 2. The summed E-state index contributed by atoms with van der Waals surface area (Å²) in [6.07, 6.45) is -1.40. The van der Waals surface area contributed by atoms with E-state index in [0.29, 0.717) is 13.0 Å². The molecule has 5 atom stereocenters. The van der Waals surface area contributed by atoms with Crippen LogP contribution in [0.15, 0.2) is 73.3 Å². The molecule has 0 saturated carbocycles. The molecule has 1 saturated heterocycles. The highest BCUT2D eigenvalue weighted by molar-refractivity contribution is 5.67. The number of ether oxygens (including phenoxy) is 5. The fraction of sp³-hybridized carbons (Fsp3) is 0.407. The molecule has 1 fully saturated rings. The molecule has 7 nitrogen and oxygen atoms in total. The van der Waals surface area contributed by atoms with Crippen LogP contribution >= 0.6 is 0 Å². The average Bonchev–Trinajstić information content (AvgIpc) is 2.82. The molecule has 0 aromatic heterocycles. The molecule has 1 heterocycles. The van der Waals surface area contributed by atoms with E-state index in [-0.39, 0.29) is 13.2 Å². The van der Waals surface area contributed by atoms with Gasteiger partial charge in [-0.15, -0.1) is 6.58 Å². The van der Waals surface area contributed by atoms with Gasteiger partial charge in [-0.25, -0.2) is 0 Å². The Hall–Kier alpha value is -3.00. The molecule has 1 aliphatic rings. The highest BCUT2D eigenvalue weighted by Gasteiger charge is 2.50. The van der Waals surface area contributed by atoms with E-state index < -0.39 is 42.5 Å². The predicted octanol–water partition coefficient (Wildman–Crippen LogP) is 4.00. The van der Waals surface area contributed by atoms with Crippen molar-refractivity contribution in [1.82, 2.24) is 0 Å². The van der Waals surface area contributed by atoms with Crippen LogP contribution in [-0.4, -0.2) is 49.1 Å². The van der Waals surface area contributed by atoms with Gasteiger partial charge in [-0.05, 0) is 17.5 Å². The van der Waals surface area contributed by atoms with Crippen LogP contribution in [0.5, 0.6) is 0 Å². The topological polar surface area (TPSA) is 80.3 Å². The van der Waals surface area contributed by atoms with Crippen molar-refractivity contribution in [3.8, 4) is 0 Å². The summed E-state index contributed by atoms with van der Waals surface area (Å²) in [5, 5.41) is 0. The van der Waals surface area contributed by atoms with Gasteiger partial charge in [0.2, 0.25) is 0 Å². The van der Waals surface area contributed by atoms with Gasteiger partial charge in [0.05, 0.1) is 19.8 Å². The fourth-order valence-corrected chi connectivity index (χ4v) is 3.97. The molecule has 0 aliphatic carbocycles. The third-order valence-electron chi connectivity index (χ3n) is 5.41. The molecular weight excluding hydrogens is 436 g/mol. The summed E-state index contributed by atoms with van der Waals surface area (Å²) in [6.45, 7) is 7.25. The fourth-order valence-electron chi connectivity index (χ4n) is 3.97. The summed E-state index contributed by atoms with van der Waals surface area (Å²) in [6, 6.07) is 19.4. The zero-order valence-corrected chi connectivity index (χ0v) is 19.6. The molecule has 3 rings (SSSR count). The van der Waals surface area contributed by atoms with Gasteiger partial charge < -0.3 is 23.7 Å². The van der Waals surface area contributed by atoms with Crippen molar-refractivity contribution in [2.24, 2.45) is 0 Å². The monoisotopic (exact) mass is 468 g/mol. The molecule has 0 bridgehead atoms. The Morgan fingerprint density at radius 1 is 0.824 bits per heavy atom. The summed E-state index contributed by atoms with van der Waals surface area (Å²) in [4.78, 5) is 23.9. The Kier molecular flexibility index (Phi) is 9.82. The second-order valence-electron chi connectivity index (χ2n) is 8.15. The molecule has 0 N–H and O–H groups in total. The predicted molar refractivity (Wildman–Crippen MR) is 126 cm³/mol. The summed E-state index contributed by atoms with van der Waals surface area (Å²) in [7, 11) is 0. The summed E-state index contributed by atoms with van der Waals surface area (Å²) < 4.78 is 29.7. The Morgan fingerprint density at radius 3 is 1.88 bits per heavy atom. The van der Waals surface area contributed by atoms with Gasteiger partial charge in [0.15, 0.2) is 12.2 Å². The van der Waals surface area contributed by atoms with Gasteiger partial charge in [0.1, 0.15) is 18.3 Å². The Labute approximate surface area is 200 Å². The average molecular weight is 469 g/mol. The lowest BCUT2D eigenvalue weighted by Crippen LogP contribution is -2.61. The first kappa shape index (κ1) is 25.6. The molecule has 2 aromatic rings. The van der Waals surface area contributed by atoms with E-state index in [2.05, 4.69) is 6.58 Å². The molecule has 1 aliphatic heterocycles. The highest BCUT2D eigenvalue weighted by Crippen LogP contribution is 2.31. The number of hydrogen-bond acceptors (Lipinski definition) is 7. The highest BCUT2D eigenvalue weighted by atomic mass is 16.6. The van der Waals surface area contributed by atoms with E-state index in [1.54, 1.807) is 6.08 Å². The third kappa shape index (κ3) is 7.52. The van der Waals surface area contributed by atoms with Crippen LogP contribution in [0, 0.1) is 0 Å². The number of hydrogen-bond donors (Lipinski definition) is 0. The van der Waals surface area contributed by atoms with Crippen molar-refractivity contribution in [2.45, 2.75) is 64.0 Å². The van der Waals surface area contributed by atoms with Crippen LogP contribution in [0.1, 0.15) is 31.4 Å². The maximum Gasteiger partial charge on any atom is 0.303 e. The minimum Gasteiger partial charge on any atom is -0.457 e. The second kappa shape index (κ2) is 13.0. The standard InChI is InChI=1S/C27H32O7/c1-4-11-23-25(32-19(2)28)27(31-17-22-14-9-6-10-15-22)26(33-20(3)29)24(34-23)18-30-16-21-12-7-5-8-13-21/h4-10,12-15,23-27H,1,11,16-18H2,2-3H3/t23-,24-,25+,26-,27-/m1/s1. The zero-order chi connectivity index (χ0) is 24.3. The third-order valence-corrected chi connectivity index (χ3v) is 5.41. The van der Waals surface area contributed by atoms with Crippen LogP contribution in [0.2, 0.25) is 0 Å². The van der Waals surface area contributed by atoms with Crippen LogP contribution in [-0.2, 0) is 46.5 Å². The Balaban J connectivity index is 1.83. The van der Waals surface area contributed by atoms with Gasteiger partial charge in [-0.1, -0.05) is 66.7 Å². The lowest BCUT2D eigenvalue weighted by Gasteiger charge is -2.45. The number of carbonyl (C=O) groups excluding carboxylic acids is 2. The lowest BCUT2D eigenvalue weighted by atomic mass is 9.92. The van der Waals surface area contributed by atoms with Crippen LogP contribution in [0.4, 0.5) is 0 Å². The normalized spacial score (nSPS) is 24.2. The van der Waals surface area contributed by atoms with Crippen LogP contribution in [0.3, 0.4) is 0 Å². The first-order chi connectivity index (χ1) is 16.5. The Bertz CT molecular complexity index is 915. The minimum atomic E-state index is -0.831. The zero-order valence-electron chi connectivity index (χ0n) is 19.6. The molecule has 0 radical (unpaired) electrons. The van der Waals surface area contributed by atoms with Crippen molar-refractivity contribution in [1.29, 1.82) is 0 Å². The minimum absolute atomic E-state index is 0.165. The quantitative estimate of drug-likeness (QED) is 0.364. The van der Waals surface area contributed by atoms with Crippen LogP contribution < -0.4 is 0 Å². The Morgan fingerprint density at radius 2 is 1.35 bits per heavy atom. The SMILES string of the molecule is C=CC[C@H]1O[C@H](COCc2ccccc2)[C@@H](OC(C)=O)[C@H](OCc2ccccc2)[C@H]1OC(C)=O. The van der Waals surface area contributed by atoms with E-state index in [1.165, 1.54) is 13.8 Å². The molecule has 0 amide bonds. The summed E-state index contributed by atoms with van der Waals surface area (Å²) in [5.74, 6) is -0.963. The lowest BCUT2D eigenvalue weighted by molar-refractivity contribution is -0.258. The van der Waals surface area contributed by atoms with Crippen molar-refractivity contribution in [3.05, 3.63) is 84.4 Å². The molecule has 7 heteroatoms. The van der Waals surface area contributed by atoms with Crippen LogP contribution in [0.25, 0.3) is 0 Å². The van der Waals surface area contributed by atoms with Crippen molar-refractivity contribution in [2.75, 3.05) is 6.61 Å². The molecule has 34 heavy (non-hydrogen) atoms. The van der Waals surface area contributed by atoms with Gasteiger partial charge in [-0.2, -0.15) is 0 Å². The summed E-state index contributed by atoms with van der Waals surface area (Å²) in [5.41, 5.74) is 1.95. The van der Waals surface area contributed by atoms with Gasteiger partial charge in [-0.3, -0.25) is 9.59 Å². The van der Waals surface area contributed by atoms with E-state index in [1.807, 2.05) is 60.7 Å². The summed E-state index contributed by atoms with van der Waals surface area (Å²) >= 11 is 0.